The average molecular weight is 368 g/mol. The zero-order valence-corrected chi connectivity index (χ0v) is 12.8. The van der Waals surface area contributed by atoms with E-state index in [-0.39, 0.29) is 15.9 Å². The van der Waals surface area contributed by atoms with Gasteiger partial charge in [0.05, 0.1) is 15.1 Å². The quantitative estimate of drug-likeness (QED) is 0.428. The molecule has 0 radical (unpaired) electrons. The Labute approximate surface area is 128 Å². The lowest BCUT2D eigenvalue weighted by molar-refractivity contribution is 0.630. The van der Waals surface area contributed by atoms with Gasteiger partial charge in [-0.05, 0) is 17.7 Å². The van der Waals surface area contributed by atoms with E-state index in [2.05, 4.69) is 15.9 Å². The van der Waals surface area contributed by atoms with Crippen LogP contribution in [0.2, 0.25) is 15.1 Å². The Balaban J connectivity index is 2.59. The van der Waals surface area contributed by atoms with E-state index in [1.807, 2.05) is 6.07 Å². The second kappa shape index (κ2) is 5.79. The SMILES string of the molecule is Fc1cc(CBr)ccc1-c1ccc(Cl)c(Cl)c1Cl. The average Bonchev–Trinajstić information content (AvgIpc) is 2.37. The summed E-state index contributed by atoms with van der Waals surface area (Å²) in [5, 5.41) is 1.44. The van der Waals surface area contributed by atoms with E-state index in [1.165, 1.54) is 6.07 Å². The first-order chi connectivity index (χ1) is 8.54. The van der Waals surface area contributed by atoms with Crippen molar-refractivity contribution in [3.05, 3.63) is 56.8 Å². The van der Waals surface area contributed by atoms with Gasteiger partial charge >= 0.3 is 0 Å². The van der Waals surface area contributed by atoms with Crippen molar-refractivity contribution in [2.24, 2.45) is 0 Å². The minimum Gasteiger partial charge on any atom is -0.206 e. The summed E-state index contributed by atoms with van der Waals surface area (Å²) in [7, 11) is 0. The summed E-state index contributed by atoms with van der Waals surface area (Å²) in [6.07, 6.45) is 0. The molecule has 0 saturated carbocycles. The summed E-state index contributed by atoms with van der Waals surface area (Å²) >= 11 is 21.2. The van der Waals surface area contributed by atoms with Gasteiger partial charge in [0.15, 0.2) is 0 Å². The van der Waals surface area contributed by atoms with Crippen molar-refractivity contribution in [2.75, 3.05) is 0 Å². The predicted octanol–water partition coefficient (Wildman–Crippen LogP) is 6.35. The van der Waals surface area contributed by atoms with Crippen molar-refractivity contribution in [1.82, 2.24) is 0 Å². The lowest BCUT2D eigenvalue weighted by Crippen LogP contribution is -1.89. The molecule has 0 spiro atoms. The standard InChI is InChI=1S/C13H7BrCl3F/c14-6-7-1-2-8(11(18)5-7)9-3-4-10(15)13(17)12(9)16/h1-5H,6H2. The fraction of sp³-hybridized carbons (Fsp3) is 0.0769. The molecule has 0 amide bonds. The summed E-state index contributed by atoms with van der Waals surface area (Å²) in [5.74, 6) is -0.341. The molecule has 2 rings (SSSR count). The third kappa shape index (κ3) is 2.67. The Hall–Kier alpha value is -0.280. The highest BCUT2D eigenvalue weighted by molar-refractivity contribution is 9.08. The van der Waals surface area contributed by atoms with Gasteiger partial charge in [-0.15, -0.1) is 0 Å². The first-order valence-corrected chi connectivity index (χ1v) is 7.28. The van der Waals surface area contributed by atoms with Crippen LogP contribution < -0.4 is 0 Å². The van der Waals surface area contributed by atoms with Gasteiger partial charge in [-0.1, -0.05) is 68.9 Å². The molecule has 0 N–H and O–H groups in total. The van der Waals surface area contributed by atoms with Crippen molar-refractivity contribution < 1.29 is 4.39 Å². The maximum Gasteiger partial charge on any atom is 0.131 e. The van der Waals surface area contributed by atoms with Crippen LogP contribution in [-0.2, 0) is 5.33 Å². The van der Waals surface area contributed by atoms with E-state index in [1.54, 1.807) is 18.2 Å². The number of benzene rings is 2. The van der Waals surface area contributed by atoms with Crippen LogP contribution in [-0.4, -0.2) is 0 Å². The molecule has 0 aromatic heterocycles. The van der Waals surface area contributed by atoms with Crippen LogP contribution in [0.5, 0.6) is 0 Å². The monoisotopic (exact) mass is 366 g/mol. The Bertz CT molecular complexity index is 599. The second-order valence-electron chi connectivity index (χ2n) is 3.67. The highest BCUT2D eigenvalue weighted by Crippen LogP contribution is 2.38. The van der Waals surface area contributed by atoms with Crippen molar-refractivity contribution in [3.8, 4) is 11.1 Å². The summed E-state index contributed by atoms with van der Waals surface area (Å²) in [4.78, 5) is 0. The fourth-order valence-corrected chi connectivity index (χ4v) is 2.58. The van der Waals surface area contributed by atoms with Crippen LogP contribution >= 0.6 is 50.7 Å². The van der Waals surface area contributed by atoms with Crippen LogP contribution in [0.15, 0.2) is 30.3 Å². The number of halogens is 5. The minimum absolute atomic E-state index is 0.236. The molecule has 0 nitrogen and oxygen atoms in total. The van der Waals surface area contributed by atoms with Gasteiger partial charge in [-0.25, -0.2) is 4.39 Å². The van der Waals surface area contributed by atoms with Gasteiger partial charge in [0.1, 0.15) is 5.82 Å². The number of hydrogen-bond acceptors (Lipinski definition) is 0. The van der Waals surface area contributed by atoms with Gasteiger partial charge < -0.3 is 0 Å². The maximum atomic E-state index is 14.0. The molecule has 0 fully saturated rings. The molecule has 18 heavy (non-hydrogen) atoms. The van der Waals surface area contributed by atoms with E-state index < -0.39 is 0 Å². The van der Waals surface area contributed by atoms with Gasteiger partial charge in [0.25, 0.3) is 0 Å². The Morgan fingerprint density at radius 3 is 2.22 bits per heavy atom. The number of rotatable bonds is 2. The van der Waals surface area contributed by atoms with Crippen molar-refractivity contribution in [2.45, 2.75) is 5.33 Å². The molecule has 0 saturated heterocycles. The van der Waals surface area contributed by atoms with E-state index in [4.69, 9.17) is 34.8 Å². The van der Waals surface area contributed by atoms with Crippen LogP contribution in [0.3, 0.4) is 0 Å². The Morgan fingerprint density at radius 2 is 1.61 bits per heavy atom. The van der Waals surface area contributed by atoms with E-state index in [9.17, 15) is 4.39 Å². The van der Waals surface area contributed by atoms with Crippen LogP contribution in [0, 0.1) is 5.82 Å². The topological polar surface area (TPSA) is 0 Å². The van der Waals surface area contributed by atoms with Gasteiger partial charge in [-0.2, -0.15) is 0 Å². The fourth-order valence-electron chi connectivity index (χ4n) is 1.59. The Kier molecular flexibility index (Phi) is 4.54. The summed E-state index contributed by atoms with van der Waals surface area (Å²) in [5.41, 5.74) is 1.79. The molecular formula is C13H7BrCl3F. The third-order valence-electron chi connectivity index (χ3n) is 2.51. The summed E-state index contributed by atoms with van der Waals surface area (Å²) in [6.45, 7) is 0. The molecule has 0 unspecified atom stereocenters. The molecule has 0 aliphatic heterocycles. The summed E-state index contributed by atoms with van der Waals surface area (Å²) in [6, 6.07) is 8.22. The van der Waals surface area contributed by atoms with E-state index >= 15 is 0 Å². The minimum atomic E-state index is -0.341. The zero-order valence-electron chi connectivity index (χ0n) is 8.98. The van der Waals surface area contributed by atoms with Crippen LogP contribution in [0.25, 0.3) is 11.1 Å². The normalized spacial score (nSPS) is 10.7. The molecule has 0 aliphatic carbocycles. The van der Waals surface area contributed by atoms with Crippen molar-refractivity contribution in [1.29, 1.82) is 0 Å². The molecule has 0 heterocycles. The maximum absolute atomic E-state index is 14.0. The van der Waals surface area contributed by atoms with Gasteiger partial charge in [0, 0.05) is 16.5 Å². The highest BCUT2D eigenvalue weighted by atomic mass is 79.9. The molecular weight excluding hydrogens is 361 g/mol. The number of hydrogen-bond donors (Lipinski definition) is 0. The smallest absolute Gasteiger partial charge is 0.131 e. The third-order valence-corrected chi connectivity index (χ3v) is 4.45. The highest BCUT2D eigenvalue weighted by Gasteiger charge is 2.13. The lowest BCUT2D eigenvalue weighted by Gasteiger charge is -2.09. The molecule has 5 heteroatoms. The molecule has 0 bridgehead atoms. The van der Waals surface area contributed by atoms with Gasteiger partial charge in [-0.3, -0.25) is 0 Å². The Morgan fingerprint density at radius 1 is 0.944 bits per heavy atom. The molecule has 0 atom stereocenters. The summed E-state index contributed by atoms with van der Waals surface area (Å²) < 4.78 is 14.0. The molecule has 2 aromatic carbocycles. The second-order valence-corrected chi connectivity index (χ2v) is 5.39. The zero-order chi connectivity index (χ0) is 13.3. The largest absolute Gasteiger partial charge is 0.206 e. The predicted molar refractivity (Wildman–Crippen MR) is 79.5 cm³/mol. The van der Waals surface area contributed by atoms with Crippen LogP contribution in [0.1, 0.15) is 5.56 Å². The van der Waals surface area contributed by atoms with Crippen molar-refractivity contribution >= 4 is 50.7 Å². The van der Waals surface area contributed by atoms with Crippen molar-refractivity contribution in [3.63, 3.8) is 0 Å². The van der Waals surface area contributed by atoms with E-state index in [0.717, 1.165) is 5.56 Å². The lowest BCUT2D eigenvalue weighted by atomic mass is 10.0. The molecule has 94 valence electrons. The first-order valence-electron chi connectivity index (χ1n) is 5.03. The van der Waals surface area contributed by atoms with E-state index in [0.29, 0.717) is 21.5 Å². The van der Waals surface area contributed by atoms with Gasteiger partial charge in [0.2, 0.25) is 0 Å². The number of alkyl halides is 1. The molecule has 2 aromatic rings. The molecule has 0 aliphatic rings. The van der Waals surface area contributed by atoms with Crippen LogP contribution in [0.4, 0.5) is 4.39 Å². The first kappa shape index (κ1) is 14.1.